The fraction of sp³-hybridized carbons (Fsp3) is 0.375. The Morgan fingerprint density at radius 3 is 2.53 bits per heavy atom. The monoisotopic (exact) mass is 456 g/mol. The average Bonchev–Trinajstić information content (AvgIpc) is 3.18. The van der Waals surface area contributed by atoms with E-state index >= 15 is 0 Å². The smallest absolute Gasteiger partial charge is 0.318 e. The lowest BCUT2D eigenvalue weighted by molar-refractivity contribution is -0.133. The van der Waals surface area contributed by atoms with Crippen molar-refractivity contribution in [2.24, 2.45) is 5.10 Å². The van der Waals surface area contributed by atoms with Gasteiger partial charge in [0.25, 0.3) is 5.91 Å². The predicted molar refractivity (Wildman–Crippen MR) is 126 cm³/mol. The molecule has 7 nitrogen and oxygen atoms in total. The van der Waals surface area contributed by atoms with E-state index in [0.717, 1.165) is 22.6 Å². The zero-order valence-corrected chi connectivity index (χ0v) is 19.8. The van der Waals surface area contributed by atoms with Crippen molar-refractivity contribution in [1.29, 1.82) is 0 Å². The largest absolute Gasteiger partial charge is 0.497 e. The van der Waals surface area contributed by atoms with Crippen LogP contribution in [0.4, 0.5) is 4.79 Å². The standard InChI is InChI=1S/C24H29ClN4O3/c1-24(2,3)26-23(31)28(4)15-22(30)29-21(16-9-11-18(25)12-10-16)14-20(27-29)17-7-6-8-19(13-17)32-5/h6-13,21H,14-15H2,1-5H3,(H,26,31)/t21-/m1/s1. The topological polar surface area (TPSA) is 74.2 Å². The summed E-state index contributed by atoms with van der Waals surface area (Å²) in [4.78, 5) is 27.0. The molecular formula is C24H29ClN4O3. The number of carbonyl (C=O) groups excluding carboxylic acids is 2. The molecule has 2 aromatic rings. The first-order chi connectivity index (χ1) is 15.1. The number of ether oxygens (including phenoxy) is 1. The highest BCUT2D eigenvalue weighted by molar-refractivity contribution is 6.30. The molecule has 0 spiro atoms. The van der Waals surface area contributed by atoms with Crippen molar-refractivity contribution in [2.75, 3.05) is 20.7 Å². The summed E-state index contributed by atoms with van der Waals surface area (Å²) in [6.07, 6.45) is 0.540. The Hall–Kier alpha value is -3.06. The number of hydrogen-bond acceptors (Lipinski definition) is 4. The third kappa shape index (κ3) is 5.79. The first-order valence-corrected chi connectivity index (χ1v) is 10.8. The van der Waals surface area contributed by atoms with Crippen molar-refractivity contribution >= 4 is 29.3 Å². The van der Waals surface area contributed by atoms with Crippen molar-refractivity contribution in [1.82, 2.24) is 15.2 Å². The summed E-state index contributed by atoms with van der Waals surface area (Å²) in [5.74, 6) is 0.450. The number of likely N-dealkylation sites (N-methyl/N-ethyl adjacent to an activating group) is 1. The molecular weight excluding hydrogens is 428 g/mol. The van der Waals surface area contributed by atoms with Gasteiger partial charge in [-0.1, -0.05) is 35.9 Å². The molecule has 0 saturated heterocycles. The Kier molecular flexibility index (Phi) is 7.09. The molecule has 1 aliphatic rings. The summed E-state index contributed by atoms with van der Waals surface area (Å²) in [5, 5.41) is 9.61. The van der Waals surface area contributed by atoms with E-state index in [1.807, 2.05) is 57.2 Å². The summed E-state index contributed by atoms with van der Waals surface area (Å²) in [7, 11) is 3.21. The molecule has 0 saturated carbocycles. The Bertz CT molecular complexity index is 1010. The third-order valence-corrected chi connectivity index (χ3v) is 5.28. The normalized spacial score (nSPS) is 15.9. The van der Waals surface area contributed by atoms with Crippen molar-refractivity contribution in [3.8, 4) is 5.75 Å². The SMILES string of the molecule is COc1cccc(C2=NN(C(=O)CN(C)C(=O)NC(C)(C)C)[C@@H](c3ccc(Cl)cc3)C2)c1. The molecule has 0 radical (unpaired) electrons. The maximum absolute atomic E-state index is 13.2. The van der Waals surface area contributed by atoms with E-state index in [1.54, 1.807) is 26.3 Å². The van der Waals surface area contributed by atoms with Crippen molar-refractivity contribution in [3.63, 3.8) is 0 Å². The number of urea groups is 1. The van der Waals surface area contributed by atoms with Crippen molar-refractivity contribution in [2.45, 2.75) is 38.8 Å². The number of halogens is 1. The van der Waals surface area contributed by atoms with E-state index < -0.39 is 5.54 Å². The molecule has 3 amide bonds. The lowest BCUT2D eigenvalue weighted by Gasteiger charge is -2.27. The minimum atomic E-state index is -0.397. The van der Waals surface area contributed by atoms with Gasteiger partial charge in [-0.05, 0) is 50.6 Å². The van der Waals surface area contributed by atoms with Crippen LogP contribution in [0.15, 0.2) is 53.6 Å². The van der Waals surface area contributed by atoms with Crippen LogP contribution >= 0.6 is 11.6 Å². The van der Waals surface area contributed by atoms with Gasteiger partial charge in [0, 0.05) is 29.6 Å². The number of amides is 3. The van der Waals surface area contributed by atoms with E-state index in [-0.39, 0.29) is 24.5 Å². The van der Waals surface area contributed by atoms with Gasteiger partial charge < -0.3 is 15.0 Å². The zero-order chi connectivity index (χ0) is 23.5. The molecule has 0 aromatic heterocycles. The summed E-state index contributed by atoms with van der Waals surface area (Å²) in [6.45, 7) is 5.58. The van der Waals surface area contributed by atoms with E-state index in [9.17, 15) is 9.59 Å². The summed E-state index contributed by atoms with van der Waals surface area (Å²) in [5.41, 5.74) is 2.19. The second kappa shape index (κ2) is 9.61. The first-order valence-electron chi connectivity index (χ1n) is 10.4. The van der Waals surface area contributed by atoms with E-state index in [0.29, 0.717) is 11.4 Å². The van der Waals surface area contributed by atoms with Gasteiger partial charge in [-0.2, -0.15) is 5.10 Å². The van der Waals surface area contributed by atoms with Crippen molar-refractivity contribution in [3.05, 3.63) is 64.7 Å². The highest BCUT2D eigenvalue weighted by Gasteiger charge is 2.34. The van der Waals surface area contributed by atoms with Gasteiger partial charge in [0.1, 0.15) is 12.3 Å². The van der Waals surface area contributed by atoms with Crippen LogP contribution in [-0.4, -0.2) is 53.8 Å². The molecule has 1 heterocycles. The zero-order valence-electron chi connectivity index (χ0n) is 19.1. The van der Waals surface area contributed by atoms with Gasteiger partial charge in [-0.3, -0.25) is 4.79 Å². The predicted octanol–water partition coefficient (Wildman–Crippen LogP) is 4.47. The van der Waals surface area contributed by atoms with E-state index in [1.165, 1.54) is 9.91 Å². The molecule has 170 valence electrons. The van der Waals surface area contributed by atoms with Crippen LogP contribution in [-0.2, 0) is 4.79 Å². The van der Waals surface area contributed by atoms with Gasteiger partial charge in [0.15, 0.2) is 0 Å². The van der Waals surface area contributed by atoms with Crippen molar-refractivity contribution < 1.29 is 14.3 Å². The second-order valence-electron chi connectivity index (χ2n) is 8.82. The second-order valence-corrected chi connectivity index (χ2v) is 9.26. The minimum absolute atomic E-state index is 0.0963. The van der Waals surface area contributed by atoms with Crippen LogP contribution in [0.2, 0.25) is 5.02 Å². The van der Waals surface area contributed by atoms with Gasteiger partial charge in [-0.25, -0.2) is 9.80 Å². The minimum Gasteiger partial charge on any atom is -0.497 e. The Balaban J connectivity index is 1.86. The van der Waals surface area contributed by atoms with Crippen LogP contribution in [0.25, 0.3) is 0 Å². The number of carbonyl (C=O) groups is 2. The fourth-order valence-corrected chi connectivity index (χ4v) is 3.55. The number of methoxy groups -OCH3 is 1. The quantitative estimate of drug-likeness (QED) is 0.721. The van der Waals surface area contributed by atoms with Gasteiger partial charge in [0.05, 0.1) is 18.9 Å². The maximum atomic E-state index is 13.2. The van der Waals surface area contributed by atoms with Gasteiger partial charge >= 0.3 is 6.03 Å². The van der Waals surface area contributed by atoms with Crippen LogP contribution in [0, 0.1) is 0 Å². The number of benzene rings is 2. The lowest BCUT2D eigenvalue weighted by Crippen LogP contribution is -2.49. The highest BCUT2D eigenvalue weighted by atomic mass is 35.5. The van der Waals surface area contributed by atoms with E-state index in [2.05, 4.69) is 10.4 Å². The van der Waals surface area contributed by atoms with Crippen LogP contribution in [0.1, 0.15) is 44.4 Å². The number of hydrogen-bond donors (Lipinski definition) is 1. The maximum Gasteiger partial charge on any atom is 0.318 e. The number of rotatable bonds is 5. The molecule has 8 heteroatoms. The Morgan fingerprint density at radius 1 is 1.22 bits per heavy atom. The molecule has 3 rings (SSSR count). The molecule has 2 aromatic carbocycles. The van der Waals surface area contributed by atoms with Crippen LogP contribution in [0.5, 0.6) is 5.75 Å². The lowest BCUT2D eigenvalue weighted by atomic mass is 9.98. The summed E-state index contributed by atoms with van der Waals surface area (Å²) < 4.78 is 5.33. The molecule has 0 bridgehead atoms. The fourth-order valence-electron chi connectivity index (χ4n) is 3.43. The Labute approximate surface area is 194 Å². The molecule has 1 aliphatic heterocycles. The summed E-state index contributed by atoms with van der Waals surface area (Å²) in [6, 6.07) is 14.4. The Morgan fingerprint density at radius 2 is 1.91 bits per heavy atom. The number of hydrazone groups is 1. The van der Waals surface area contributed by atoms with E-state index in [4.69, 9.17) is 16.3 Å². The first kappa shape index (κ1) is 23.6. The third-order valence-electron chi connectivity index (χ3n) is 5.02. The van der Waals surface area contributed by atoms with Crippen LogP contribution in [0.3, 0.4) is 0 Å². The van der Waals surface area contributed by atoms with Gasteiger partial charge in [-0.15, -0.1) is 0 Å². The number of nitrogens with zero attached hydrogens (tertiary/aromatic N) is 3. The molecule has 0 aliphatic carbocycles. The van der Waals surface area contributed by atoms with Crippen LogP contribution < -0.4 is 10.1 Å². The number of nitrogens with one attached hydrogen (secondary N) is 1. The molecule has 1 atom stereocenters. The highest BCUT2D eigenvalue weighted by Crippen LogP contribution is 2.34. The molecule has 32 heavy (non-hydrogen) atoms. The molecule has 0 fully saturated rings. The average molecular weight is 457 g/mol. The molecule has 1 N–H and O–H groups in total. The van der Waals surface area contributed by atoms with Gasteiger partial charge in [0.2, 0.25) is 0 Å². The molecule has 0 unspecified atom stereocenters. The summed E-state index contributed by atoms with van der Waals surface area (Å²) >= 11 is 6.06.